The van der Waals surface area contributed by atoms with Gasteiger partial charge in [-0.25, -0.2) is 12.8 Å². The van der Waals surface area contributed by atoms with Gasteiger partial charge < -0.3 is 10.4 Å². The highest BCUT2D eigenvalue weighted by Crippen LogP contribution is 2.29. The molecule has 144 valence electrons. The van der Waals surface area contributed by atoms with Gasteiger partial charge in [0.1, 0.15) is 5.82 Å². The number of anilines is 1. The second kappa shape index (κ2) is 7.66. The number of aryl methyl sites for hydroxylation is 1. The highest BCUT2D eigenvalue weighted by molar-refractivity contribution is 7.92. The number of carbonyl (C=O) groups excluding carboxylic acids is 1. The lowest BCUT2D eigenvalue weighted by molar-refractivity contribution is 0.0916. The Morgan fingerprint density at radius 3 is 2.63 bits per heavy atom. The van der Waals surface area contributed by atoms with Crippen molar-refractivity contribution in [1.82, 2.24) is 5.32 Å². The number of rotatable bonds is 5. The third-order valence-electron chi connectivity index (χ3n) is 4.53. The molecule has 0 spiro atoms. The van der Waals surface area contributed by atoms with E-state index >= 15 is 0 Å². The van der Waals surface area contributed by atoms with Crippen LogP contribution in [-0.4, -0.2) is 38.8 Å². The number of nitrogens with one attached hydrogen (secondary N) is 1. The van der Waals surface area contributed by atoms with Crippen molar-refractivity contribution in [3.63, 3.8) is 0 Å². The minimum absolute atomic E-state index is 0.0169. The molecule has 6 nitrogen and oxygen atoms in total. The van der Waals surface area contributed by atoms with Gasteiger partial charge in [0.25, 0.3) is 5.91 Å². The second-order valence-corrected chi connectivity index (χ2v) is 8.47. The number of nitrogens with zero attached hydrogens (tertiary/aromatic N) is 1. The highest BCUT2D eigenvalue weighted by Gasteiger charge is 2.24. The van der Waals surface area contributed by atoms with Gasteiger partial charge in [0.2, 0.25) is 10.0 Å². The maximum atomic E-state index is 12.9. The first-order valence-electron chi connectivity index (χ1n) is 8.58. The Hall–Kier alpha value is -2.45. The van der Waals surface area contributed by atoms with Crippen LogP contribution >= 0.6 is 0 Å². The molecule has 0 aliphatic carbocycles. The van der Waals surface area contributed by atoms with Gasteiger partial charge in [-0.3, -0.25) is 9.10 Å². The van der Waals surface area contributed by atoms with Crippen LogP contribution in [0.5, 0.6) is 0 Å². The summed E-state index contributed by atoms with van der Waals surface area (Å²) in [6, 6.07) is 10.3. The summed E-state index contributed by atoms with van der Waals surface area (Å²) in [5.74, 6) is -0.761. The average Bonchev–Trinajstić information content (AvgIpc) is 2.64. The first-order valence-corrected chi connectivity index (χ1v) is 10.4. The number of amides is 1. The lowest BCUT2D eigenvalue weighted by Gasteiger charge is -2.29. The molecule has 1 aliphatic heterocycles. The maximum Gasteiger partial charge on any atom is 0.251 e. The minimum Gasteiger partial charge on any atom is -0.387 e. The average molecular weight is 392 g/mol. The van der Waals surface area contributed by atoms with E-state index in [2.05, 4.69) is 5.32 Å². The van der Waals surface area contributed by atoms with Crippen LogP contribution in [0, 0.1) is 5.82 Å². The van der Waals surface area contributed by atoms with E-state index in [1.165, 1.54) is 34.8 Å². The predicted octanol–water partition coefficient (Wildman–Crippen LogP) is 2.00. The topological polar surface area (TPSA) is 86.7 Å². The van der Waals surface area contributed by atoms with Crippen LogP contribution in [0.4, 0.5) is 10.1 Å². The van der Waals surface area contributed by atoms with Crippen molar-refractivity contribution in [1.29, 1.82) is 0 Å². The maximum absolute atomic E-state index is 12.9. The quantitative estimate of drug-likeness (QED) is 0.815. The van der Waals surface area contributed by atoms with Gasteiger partial charge in [0, 0.05) is 18.7 Å². The van der Waals surface area contributed by atoms with Crippen molar-refractivity contribution in [2.24, 2.45) is 0 Å². The van der Waals surface area contributed by atoms with Crippen LogP contribution in [0.1, 0.15) is 34.0 Å². The normalized spacial score (nSPS) is 15.1. The standard InChI is InChI=1S/C19H21FN2O4S/c1-27(25,26)22-10-2-3-14-11-15(6-9-17(14)22)19(24)21-12-18(23)13-4-7-16(20)8-5-13/h4-9,11,18,23H,2-3,10,12H2,1H3,(H,21,24). The zero-order valence-electron chi connectivity index (χ0n) is 14.9. The van der Waals surface area contributed by atoms with Crippen molar-refractivity contribution in [3.8, 4) is 0 Å². The summed E-state index contributed by atoms with van der Waals surface area (Å²) < 4.78 is 38.1. The van der Waals surface area contributed by atoms with Gasteiger partial charge in [-0.05, 0) is 54.3 Å². The first-order chi connectivity index (χ1) is 12.8. The molecule has 2 aromatic carbocycles. The fourth-order valence-corrected chi connectivity index (χ4v) is 4.14. The number of benzene rings is 2. The molecule has 3 rings (SSSR count). The SMILES string of the molecule is CS(=O)(=O)N1CCCc2cc(C(=O)NCC(O)c3ccc(F)cc3)ccc21. The Labute approximate surface area is 157 Å². The zero-order chi connectivity index (χ0) is 19.6. The smallest absolute Gasteiger partial charge is 0.251 e. The summed E-state index contributed by atoms with van der Waals surface area (Å²) in [5, 5.41) is 12.8. The lowest BCUT2D eigenvalue weighted by atomic mass is 10.0. The summed E-state index contributed by atoms with van der Waals surface area (Å²) in [6.45, 7) is 0.415. The zero-order valence-corrected chi connectivity index (χ0v) is 15.7. The molecule has 8 heteroatoms. The second-order valence-electron chi connectivity index (χ2n) is 6.56. The van der Waals surface area contributed by atoms with Crippen LogP contribution in [0.25, 0.3) is 0 Å². The Balaban J connectivity index is 1.70. The van der Waals surface area contributed by atoms with Crippen molar-refractivity contribution in [2.45, 2.75) is 18.9 Å². The fraction of sp³-hybridized carbons (Fsp3) is 0.316. The molecule has 27 heavy (non-hydrogen) atoms. The van der Waals surface area contributed by atoms with Crippen LogP contribution in [-0.2, 0) is 16.4 Å². The van der Waals surface area contributed by atoms with Crippen LogP contribution in [0.2, 0.25) is 0 Å². The van der Waals surface area contributed by atoms with E-state index in [1.54, 1.807) is 18.2 Å². The summed E-state index contributed by atoms with van der Waals surface area (Å²) in [5.41, 5.74) is 2.31. The molecule has 1 atom stereocenters. The van der Waals surface area contributed by atoms with Crippen molar-refractivity contribution >= 4 is 21.6 Å². The van der Waals surface area contributed by atoms with Gasteiger partial charge in [-0.15, -0.1) is 0 Å². The van der Waals surface area contributed by atoms with Gasteiger partial charge >= 0.3 is 0 Å². The predicted molar refractivity (Wildman–Crippen MR) is 101 cm³/mol. The van der Waals surface area contributed by atoms with Crippen molar-refractivity contribution < 1.29 is 22.7 Å². The van der Waals surface area contributed by atoms with Crippen molar-refractivity contribution in [2.75, 3.05) is 23.7 Å². The monoisotopic (exact) mass is 392 g/mol. The molecule has 2 N–H and O–H groups in total. The number of halogens is 1. The van der Waals surface area contributed by atoms with Crippen molar-refractivity contribution in [3.05, 3.63) is 65.0 Å². The summed E-state index contributed by atoms with van der Waals surface area (Å²) >= 11 is 0. The molecular formula is C19H21FN2O4S. The molecule has 1 unspecified atom stereocenters. The molecule has 2 aromatic rings. The molecule has 0 bridgehead atoms. The van der Waals surface area contributed by atoms with E-state index in [0.717, 1.165) is 5.56 Å². The number of sulfonamides is 1. The number of carbonyl (C=O) groups is 1. The molecule has 1 amide bonds. The number of fused-ring (bicyclic) bond motifs is 1. The van der Waals surface area contributed by atoms with E-state index in [0.29, 0.717) is 36.2 Å². The van der Waals surface area contributed by atoms with E-state index in [4.69, 9.17) is 0 Å². The summed E-state index contributed by atoms with van der Waals surface area (Å²) in [6.07, 6.45) is 1.60. The molecule has 0 aromatic heterocycles. The number of hydrogen-bond donors (Lipinski definition) is 2. The molecule has 0 radical (unpaired) electrons. The highest BCUT2D eigenvalue weighted by atomic mass is 32.2. The van der Waals surface area contributed by atoms with Crippen LogP contribution < -0.4 is 9.62 Å². The Bertz CT molecular complexity index is 945. The van der Waals surface area contributed by atoms with E-state index in [9.17, 15) is 22.7 Å². The Morgan fingerprint density at radius 1 is 1.26 bits per heavy atom. The van der Waals surface area contributed by atoms with Gasteiger partial charge in [-0.2, -0.15) is 0 Å². The number of hydrogen-bond acceptors (Lipinski definition) is 4. The van der Waals surface area contributed by atoms with E-state index in [1.807, 2.05) is 0 Å². The molecule has 0 saturated heterocycles. The minimum atomic E-state index is -3.35. The summed E-state index contributed by atoms with van der Waals surface area (Å²) in [7, 11) is -3.35. The third-order valence-corrected chi connectivity index (χ3v) is 5.71. The van der Waals surface area contributed by atoms with Gasteiger partial charge in [-0.1, -0.05) is 12.1 Å². The third kappa shape index (κ3) is 4.45. The van der Waals surface area contributed by atoms with Crippen LogP contribution in [0.3, 0.4) is 0 Å². The molecular weight excluding hydrogens is 371 g/mol. The molecule has 1 heterocycles. The largest absolute Gasteiger partial charge is 0.387 e. The van der Waals surface area contributed by atoms with E-state index < -0.39 is 21.9 Å². The first kappa shape index (κ1) is 19.3. The molecule has 0 saturated carbocycles. The number of aliphatic hydroxyl groups excluding tert-OH is 1. The molecule has 0 fully saturated rings. The Kier molecular flexibility index (Phi) is 5.48. The van der Waals surface area contributed by atoms with Gasteiger partial charge in [0.15, 0.2) is 0 Å². The van der Waals surface area contributed by atoms with Gasteiger partial charge in [0.05, 0.1) is 18.0 Å². The van der Waals surface area contributed by atoms with E-state index in [-0.39, 0.29) is 12.5 Å². The fourth-order valence-electron chi connectivity index (χ4n) is 3.14. The number of aliphatic hydroxyl groups is 1. The Morgan fingerprint density at radius 2 is 1.96 bits per heavy atom. The lowest BCUT2D eigenvalue weighted by Crippen LogP contribution is -2.35. The van der Waals surface area contributed by atoms with Crippen LogP contribution in [0.15, 0.2) is 42.5 Å². The summed E-state index contributed by atoms with van der Waals surface area (Å²) in [4.78, 5) is 12.4. The molecule has 1 aliphatic rings.